The summed E-state index contributed by atoms with van der Waals surface area (Å²) in [6, 6.07) is 15.1. The van der Waals surface area contributed by atoms with Gasteiger partial charge in [-0.05, 0) is 55.2 Å². The van der Waals surface area contributed by atoms with E-state index in [1.807, 2.05) is 59.2 Å². The van der Waals surface area contributed by atoms with Gasteiger partial charge in [0.25, 0.3) is 20.2 Å². The lowest BCUT2D eigenvalue weighted by Gasteiger charge is -2.24. The van der Waals surface area contributed by atoms with Gasteiger partial charge >= 0.3 is 0 Å². The summed E-state index contributed by atoms with van der Waals surface area (Å²) in [4.78, 5) is 3.90. The van der Waals surface area contributed by atoms with Crippen molar-refractivity contribution in [2.45, 2.75) is 26.2 Å². The van der Waals surface area contributed by atoms with Gasteiger partial charge in [-0.1, -0.05) is 53.5 Å². The number of hydrogen-bond donors (Lipinski definition) is 2. The quantitative estimate of drug-likeness (QED) is 0.184. The highest BCUT2D eigenvalue weighted by Crippen LogP contribution is 2.46. The number of rotatable bonds is 10. The number of fused-ring (bicyclic) bond motifs is 4. The Hall–Kier alpha value is -2.80. The van der Waals surface area contributed by atoms with Gasteiger partial charge < -0.3 is 14.2 Å². The molecule has 13 heteroatoms. The van der Waals surface area contributed by atoms with Crippen LogP contribution in [0.3, 0.4) is 0 Å². The molecule has 0 unspecified atom stereocenters. The standard InChI is InChI=1S/C28H28Cl2N2O7S2/c1-2-31-23-15-21(29)22(30)16-24(23)32(12-6-14-41(36,37)38)27(31)17-26-20(9-5-13-40(33,34)35)28-19-8-4-3-7-18(19)10-11-25(28)39-26/h3-4,7-8,10-11,15-17H,2,5-6,9,12-14H2,1H3,(H,33,34,35)(H,36,37,38)/b27-17+. The van der Waals surface area contributed by atoms with Gasteiger partial charge in [0.05, 0.1) is 32.9 Å². The molecule has 41 heavy (non-hydrogen) atoms. The van der Waals surface area contributed by atoms with Crippen LogP contribution in [0, 0.1) is 0 Å². The minimum atomic E-state index is -4.17. The SMILES string of the molecule is CCN1/C(=C\c2oc3ccc4ccccc4c3c2CCCS(=O)(=O)O)N(CCCS(=O)(=O)O)c2cc(Cl)c(Cl)cc21. The Morgan fingerprint density at radius 1 is 0.878 bits per heavy atom. The first-order valence-corrected chi connectivity index (χ1v) is 16.9. The average Bonchev–Trinajstić information content (AvgIpc) is 3.38. The molecule has 9 nitrogen and oxygen atoms in total. The zero-order valence-electron chi connectivity index (χ0n) is 22.0. The molecule has 5 rings (SSSR count). The second-order valence-electron chi connectivity index (χ2n) is 9.79. The molecule has 0 fully saturated rings. The Morgan fingerprint density at radius 2 is 1.51 bits per heavy atom. The Morgan fingerprint density at radius 3 is 2.17 bits per heavy atom. The lowest BCUT2D eigenvalue weighted by atomic mass is 9.99. The van der Waals surface area contributed by atoms with Gasteiger partial charge in [-0.25, -0.2) is 0 Å². The van der Waals surface area contributed by atoms with Crippen molar-refractivity contribution in [3.05, 3.63) is 75.7 Å². The maximum Gasteiger partial charge on any atom is 0.264 e. The number of anilines is 2. The third-order valence-corrected chi connectivity index (χ3v) is 9.38. The van der Waals surface area contributed by atoms with Crippen LogP contribution in [0.2, 0.25) is 10.0 Å². The number of benzene rings is 3. The van der Waals surface area contributed by atoms with Crippen LogP contribution in [-0.4, -0.2) is 50.5 Å². The molecular weight excluding hydrogens is 611 g/mol. The summed E-state index contributed by atoms with van der Waals surface area (Å²) in [5, 5.41) is 3.50. The van der Waals surface area contributed by atoms with Gasteiger partial charge in [-0.3, -0.25) is 9.11 Å². The fraction of sp³-hybridized carbons (Fsp3) is 0.286. The van der Waals surface area contributed by atoms with Gasteiger partial charge in [-0.15, -0.1) is 0 Å². The highest BCUT2D eigenvalue weighted by Gasteiger charge is 2.32. The molecule has 218 valence electrons. The molecule has 0 atom stereocenters. The van der Waals surface area contributed by atoms with Crippen LogP contribution in [0.5, 0.6) is 0 Å². The summed E-state index contributed by atoms with van der Waals surface area (Å²) in [5.41, 5.74) is 2.90. The van der Waals surface area contributed by atoms with Crippen molar-refractivity contribution >= 4 is 82.6 Å². The molecule has 0 bridgehead atoms. The molecule has 1 aliphatic heterocycles. The van der Waals surface area contributed by atoms with E-state index in [1.165, 1.54) is 0 Å². The fourth-order valence-electron chi connectivity index (χ4n) is 5.34. The smallest absolute Gasteiger partial charge is 0.264 e. The summed E-state index contributed by atoms with van der Waals surface area (Å²) in [6.45, 7) is 2.74. The monoisotopic (exact) mass is 638 g/mol. The van der Waals surface area contributed by atoms with E-state index >= 15 is 0 Å². The minimum absolute atomic E-state index is 0.138. The number of furan rings is 1. The van der Waals surface area contributed by atoms with Crippen LogP contribution in [0.25, 0.3) is 27.8 Å². The van der Waals surface area contributed by atoms with E-state index in [9.17, 15) is 25.9 Å². The van der Waals surface area contributed by atoms with E-state index in [0.29, 0.717) is 40.2 Å². The van der Waals surface area contributed by atoms with E-state index in [4.69, 9.17) is 27.6 Å². The molecule has 3 aromatic carbocycles. The van der Waals surface area contributed by atoms with Crippen LogP contribution >= 0.6 is 23.2 Å². The van der Waals surface area contributed by atoms with Crippen molar-refractivity contribution in [1.29, 1.82) is 0 Å². The summed E-state index contributed by atoms with van der Waals surface area (Å²) in [5.74, 6) is 0.364. The van der Waals surface area contributed by atoms with E-state index in [0.717, 1.165) is 33.1 Å². The molecule has 0 saturated heterocycles. The van der Waals surface area contributed by atoms with Crippen LogP contribution in [0.1, 0.15) is 31.1 Å². The van der Waals surface area contributed by atoms with Crippen LogP contribution in [0.15, 0.2) is 58.8 Å². The largest absolute Gasteiger partial charge is 0.456 e. The molecule has 1 aliphatic rings. The predicted octanol–water partition coefficient (Wildman–Crippen LogP) is 6.64. The zero-order chi connectivity index (χ0) is 29.5. The molecule has 0 amide bonds. The van der Waals surface area contributed by atoms with Gasteiger partial charge in [0.1, 0.15) is 17.2 Å². The van der Waals surface area contributed by atoms with E-state index in [1.54, 1.807) is 12.1 Å². The van der Waals surface area contributed by atoms with Crippen LogP contribution in [-0.2, 0) is 26.7 Å². The predicted molar refractivity (Wildman–Crippen MR) is 164 cm³/mol. The molecular formula is C28H28Cl2N2O7S2. The lowest BCUT2D eigenvalue weighted by molar-refractivity contribution is 0.479. The van der Waals surface area contributed by atoms with Gasteiger partial charge in [0, 0.05) is 30.1 Å². The summed E-state index contributed by atoms with van der Waals surface area (Å²) in [7, 11) is -8.32. The Bertz CT molecular complexity index is 1890. The first-order valence-electron chi connectivity index (χ1n) is 13.0. The van der Waals surface area contributed by atoms with Gasteiger partial charge in [0.15, 0.2) is 0 Å². The average molecular weight is 640 g/mol. The van der Waals surface area contributed by atoms with Gasteiger partial charge in [-0.2, -0.15) is 16.8 Å². The second kappa shape index (κ2) is 11.5. The number of hydrogen-bond acceptors (Lipinski definition) is 7. The lowest BCUT2D eigenvalue weighted by Crippen LogP contribution is -2.29. The first-order chi connectivity index (χ1) is 19.4. The molecule has 0 saturated carbocycles. The Kier molecular flexibility index (Phi) is 8.30. The highest BCUT2D eigenvalue weighted by atomic mass is 35.5. The Balaban J connectivity index is 1.68. The van der Waals surface area contributed by atoms with Crippen LogP contribution < -0.4 is 9.80 Å². The maximum absolute atomic E-state index is 11.5. The minimum Gasteiger partial charge on any atom is -0.456 e. The van der Waals surface area contributed by atoms with Crippen molar-refractivity contribution in [2.24, 2.45) is 0 Å². The summed E-state index contributed by atoms with van der Waals surface area (Å²) in [6.07, 6.45) is 2.48. The molecule has 2 heterocycles. The number of aryl methyl sites for hydroxylation is 1. The maximum atomic E-state index is 11.5. The van der Waals surface area contributed by atoms with Gasteiger partial charge in [0.2, 0.25) is 0 Å². The Labute approximate surface area is 248 Å². The number of halogens is 2. The van der Waals surface area contributed by atoms with E-state index < -0.39 is 31.7 Å². The van der Waals surface area contributed by atoms with Crippen molar-refractivity contribution in [3.63, 3.8) is 0 Å². The normalized spacial score (nSPS) is 15.0. The third kappa shape index (κ3) is 6.35. The highest BCUT2D eigenvalue weighted by molar-refractivity contribution is 7.86. The number of nitrogens with zero attached hydrogens (tertiary/aromatic N) is 2. The van der Waals surface area contributed by atoms with Crippen LogP contribution in [0.4, 0.5) is 11.4 Å². The van der Waals surface area contributed by atoms with Crippen molar-refractivity contribution in [3.8, 4) is 0 Å². The molecule has 0 radical (unpaired) electrons. The molecule has 4 aromatic rings. The fourth-order valence-corrected chi connectivity index (χ4v) is 6.66. The first kappa shape index (κ1) is 29.7. The summed E-state index contributed by atoms with van der Waals surface area (Å²) < 4.78 is 71.0. The van der Waals surface area contributed by atoms with Crippen molar-refractivity contribution in [1.82, 2.24) is 0 Å². The summed E-state index contributed by atoms with van der Waals surface area (Å²) >= 11 is 12.7. The van der Waals surface area contributed by atoms with E-state index in [-0.39, 0.29) is 19.4 Å². The molecule has 2 N–H and O–H groups in total. The third-order valence-electron chi connectivity index (χ3n) is 7.05. The molecule has 0 spiro atoms. The molecule has 1 aromatic heterocycles. The molecule has 0 aliphatic carbocycles. The van der Waals surface area contributed by atoms with E-state index in [2.05, 4.69) is 0 Å². The zero-order valence-corrected chi connectivity index (χ0v) is 25.2. The van der Waals surface area contributed by atoms with Crippen molar-refractivity contribution < 1.29 is 30.4 Å². The topological polar surface area (TPSA) is 128 Å². The second-order valence-corrected chi connectivity index (χ2v) is 13.7. The van der Waals surface area contributed by atoms with Crippen molar-refractivity contribution in [2.75, 3.05) is 34.4 Å².